The number of aromatic amines is 1. The second-order valence-corrected chi connectivity index (χ2v) is 13.9. The van der Waals surface area contributed by atoms with E-state index in [1.165, 1.54) is 16.7 Å². The van der Waals surface area contributed by atoms with E-state index in [0.717, 1.165) is 49.5 Å². The van der Waals surface area contributed by atoms with E-state index >= 15 is 0 Å². The van der Waals surface area contributed by atoms with Crippen molar-refractivity contribution in [2.75, 3.05) is 23.7 Å². The zero-order chi connectivity index (χ0) is 28.9. The summed E-state index contributed by atoms with van der Waals surface area (Å²) < 4.78 is 32.6. The maximum Gasteiger partial charge on any atom is 0.231 e. The second-order valence-electron chi connectivity index (χ2n) is 11.4. The fourth-order valence-electron chi connectivity index (χ4n) is 6.06. The van der Waals surface area contributed by atoms with E-state index in [-0.39, 0.29) is 11.0 Å². The van der Waals surface area contributed by atoms with Gasteiger partial charge in [-0.3, -0.25) is 5.10 Å². The van der Waals surface area contributed by atoms with E-state index in [9.17, 15) is 8.42 Å². The van der Waals surface area contributed by atoms with Gasteiger partial charge in [0.1, 0.15) is 17.7 Å². The summed E-state index contributed by atoms with van der Waals surface area (Å²) in [6.45, 7) is 11.6. The van der Waals surface area contributed by atoms with Crippen LogP contribution in [0.1, 0.15) is 61.9 Å². The molecular weight excluding hydrogens is 538 g/mol. The third-order valence-corrected chi connectivity index (χ3v) is 10.3. The largest absolute Gasteiger partial charge is 0.488 e. The van der Waals surface area contributed by atoms with Gasteiger partial charge in [0.15, 0.2) is 15.5 Å². The summed E-state index contributed by atoms with van der Waals surface area (Å²) in [4.78, 5) is 9.74. The number of rotatable bonds is 7. The number of para-hydroxylation sites is 1. The molecule has 0 radical (unpaired) electrons. The van der Waals surface area contributed by atoms with Crippen molar-refractivity contribution in [3.63, 3.8) is 0 Å². The Labute approximate surface area is 240 Å². The first-order chi connectivity index (χ1) is 19.6. The van der Waals surface area contributed by atoms with Crippen molar-refractivity contribution in [3.8, 4) is 5.75 Å². The maximum absolute atomic E-state index is 13.1. The van der Waals surface area contributed by atoms with Crippen LogP contribution < -0.4 is 20.7 Å². The van der Waals surface area contributed by atoms with Gasteiger partial charge in [-0.2, -0.15) is 15.1 Å². The molecule has 216 valence electrons. The molecule has 0 aliphatic carbocycles. The zero-order valence-electron chi connectivity index (χ0n) is 24.1. The van der Waals surface area contributed by atoms with Gasteiger partial charge < -0.3 is 20.7 Å². The van der Waals surface area contributed by atoms with Gasteiger partial charge in [-0.1, -0.05) is 12.1 Å². The van der Waals surface area contributed by atoms with Gasteiger partial charge in [0.2, 0.25) is 5.95 Å². The first-order valence-corrected chi connectivity index (χ1v) is 15.8. The van der Waals surface area contributed by atoms with Crippen LogP contribution in [0.2, 0.25) is 0 Å². The molecule has 2 aliphatic heterocycles. The quantitative estimate of drug-likeness (QED) is 0.228. The predicted molar refractivity (Wildman–Crippen MR) is 162 cm³/mol. The Morgan fingerprint density at radius 3 is 2.56 bits per heavy atom. The van der Waals surface area contributed by atoms with E-state index in [1.807, 2.05) is 6.92 Å². The number of benzene rings is 2. The number of nitrogens with one attached hydrogen (secondary N) is 4. The van der Waals surface area contributed by atoms with Crippen molar-refractivity contribution in [1.29, 1.82) is 0 Å². The fraction of sp³-hybridized carbons (Fsp3) is 0.433. The molecule has 2 aromatic carbocycles. The SMILES string of the molecule is Cc1cc(Nc2nc(Nc3ccccc3S(=O)(=O)C(C)C)c3c(C)[nH]nc3n2)c2c(c1C1CCNCC1)CC(C)O2. The van der Waals surface area contributed by atoms with E-state index in [4.69, 9.17) is 14.7 Å². The maximum atomic E-state index is 13.1. The molecule has 2 aromatic heterocycles. The first-order valence-electron chi connectivity index (χ1n) is 14.3. The molecule has 0 bridgehead atoms. The van der Waals surface area contributed by atoms with Crippen LogP contribution in [0.25, 0.3) is 11.0 Å². The molecule has 2 aliphatic rings. The lowest BCUT2D eigenvalue weighted by atomic mass is 9.83. The number of anilines is 4. The molecule has 1 saturated heterocycles. The number of piperidine rings is 1. The first kappa shape index (κ1) is 27.5. The standard InChI is InChI=1S/C30H37N7O3S/c1-16(2)41(38,39)24-9-7-6-8-22(24)32-28-26-19(5)36-37-29(26)35-30(34-28)33-23-14-17(3)25(20-10-12-31-13-11-20)21-15-18(4)40-27(21)23/h6-9,14,16,18,20,31H,10-13,15H2,1-5H3,(H3,32,33,34,35,36,37). The lowest BCUT2D eigenvalue weighted by Crippen LogP contribution is -2.27. The van der Waals surface area contributed by atoms with Gasteiger partial charge >= 0.3 is 0 Å². The average molecular weight is 576 g/mol. The van der Waals surface area contributed by atoms with Crippen LogP contribution in [-0.4, -0.2) is 53.0 Å². The van der Waals surface area contributed by atoms with Crippen molar-refractivity contribution in [2.24, 2.45) is 0 Å². The van der Waals surface area contributed by atoms with Crippen molar-refractivity contribution < 1.29 is 13.2 Å². The Balaban J connectivity index is 1.41. The van der Waals surface area contributed by atoms with Crippen LogP contribution >= 0.6 is 0 Å². The normalized spacial score (nSPS) is 17.6. The molecule has 10 nitrogen and oxygen atoms in total. The molecule has 0 spiro atoms. The van der Waals surface area contributed by atoms with Crippen LogP contribution in [0.3, 0.4) is 0 Å². The number of ether oxygens (including phenoxy) is 1. The van der Waals surface area contributed by atoms with Crippen LogP contribution in [0.4, 0.5) is 23.1 Å². The van der Waals surface area contributed by atoms with Crippen molar-refractivity contribution in [2.45, 2.75) is 76.0 Å². The summed E-state index contributed by atoms with van der Waals surface area (Å²) in [7, 11) is -3.53. The minimum Gasteiger partial charge on any atom is -0.488 e. The summed E-state index contributed by atoms with van der Waals surface area (Å²) in [6, 6.07) is 9.03. The Bertz CT molecular complexity index is 1730. The molecule has 0 saturated carbocycles. The molecule has 1 fully saturated rings. The van der Waals surface area contributed by atoms with E-state index < -0.39 is 15.1 Å². The van der Waals surface area contributed by atoms with Gasteiger partial charge in [-0.25, -0.2) is 8.42 Å². The van der Waals surface area contributed by atoms with Crippen LogP contribution in [-0.2, 0) is 16.3 Å². The minimum atomic E-state index is -3.53. The highest BCUT2D eigenvalue weighted by Gasteiger charge is 2.31. The van der Waals surface area contributed by atoms with Gasteiger partial charge in [0.05, 0.1) is 26.9 Å². The molecule has 4 heterocycles. The van der Waals surface area contributed by atoms with Crippen molar-refractivity contribution in [1.82, 2.24) is 25.5 Å². The number of hydrogen-bond donors (Lipinski definition) is 4. The Hall–Kier alpha value is -3.70. The van der Waals surface area contributed by atoms with E-state index in [0.29, 0.717) is 34.4 Å². The lowest BCUT2D eigenvalue weighted by Gasteiger charge is -2.27. The molecule has 11 heteroatoms. The molecule has 1 atom stereocenters. The molecule has 41 heavy (non-hydrogen) atoms. The minimum absolute atomic E-state index is 0.0850. The number of sulfone groups is 1. The average Bonchev–Trinajstić information content (AvgIpc) is 3.51. The van der Waals surface area contributed by atoms with Crippen LogP contribution in [0, 0.1) is 13.8 Å². The molecule has 4 aromatic rings. The number of aromatic nitrogens is 4. The number of aryl methyl sites for hydroxylation is 2. The molecular formula is C30H37N7O3S. The molecule has 4 N–H and O–H groups in total. The van der Waals surface area contributed by atoms with Gasteiger partial charge in [0.25, 0.3) is 0 Å². The van der Waals surface area contributed by atoms with Gasteiger partial charge in [0, 0.05) is 17.7 Å². The Kier molecular flexibility index (Phi) is 7.11. The number of hydrogen-bond acceptors (Lipinski definition) is 9. The third-order valence-electron chi connectivity index (χ3n) is 8.10. The van der Waals surface area contributed by atoms with Crippen LogP contribution in [0.5, 0.6) is 5.75 Å². The number of H-pyrrole nitrogens is 1. The second kappa shape index (κ2) is 10.6. The summed E-state index contributed by atoms with van der Waals surface area (Å²) in [6.07, 6.45) is 3.20. The van der Waals surface area contributed by atoms with E-state index in [2.05, 4.69) is 46.1 Å². The lowest BCUT2D eigenvalue weighted by molar-refractivity contribution is 0.256. The van der Waals surface area contributed by atoms with Gasteiger partial charge in [-0.15, -0.1) is 0 Å². The van der Waals surface area contributed by atoms with Crippen molar-refractivity contribution >= 4 is 44.0 Å². The molecule has 1 unspecified atom stereocenters. The number of fused-ring (bicyclic) bond motifs is 2. The summed E-state index contributed by atoms with van der Waals surface area (Å²) in [5, 5.41) is 17.7. The topological polar surface area (TPSA) is 134 Å². The van der Waals surface area contributed by atoms with Crippen LogP contribution in [0.15, 0.2) is 35.2 Å². The highest BCUT2D eigenvalue weighted by Crippen LogP contribution is 2.45. The summed E-state index contributed by atoms with van der Waals surface area (Å²) in [5.74, 6) is 2.19. The third kappa shape index (κ3) is 5.01. The van der Waals surface area contributed by atoms with Crippen molar-refractivity contribution in [3.05, 3.63) is 52.7 Å². The Morgan fingerprint density at radius 1 is 1.05 bits per heavy atom. The Morgan fingerprint density at radius 2 is 1.80 bits per heavy atom. The fourth-order valence-corrected chi connectivity index (χ4v) is 7.26. The molecule has 0 amide bonds. The highest BCUT2D eigenvalue weighted by molar-refractivity contribution is 7.92. The monoisotopic (exact) mass is 575 g/mol. The summed E-state index contributed by atoms with van der Waals surface area (Å²) in [5.41, 5.74) is 6.45. The zero-order valence-corrected chi connectivity index (χ0v) is 24.9. The molecule has 6 rings (SSSR count). The highest BCUT2D eigenvalue weighted by atomic mass is 32.2. The van der Waals surface area contributed by atoms with Gasteiger partial charge in [-0.05, 0) is 95.8 Å². The smallest absolute Gasteiger partial charge is 0.231 e. The summed E-state index contributed by atoms with van der Waals surface area (Å²) >= 11 is 0. The number of nitrogens with zero attached hydrogens (tertiary/aromatic N) is 3. The predicted octanol–water partition coefficient (Wildman–Crippen LogP) is 5.43. The van der Waals surface area contributed by atoms with E-state index in [1.54, 1.807) is 38.1 Å².